The molecule has 1 aliphatic rings. The lowest BCUT2D eigenvalue weighted by Crippen LogP contribution is -2.18. The number of aliphatic hydroxyl groups is 1. The molecule has 2 atom stereocenters. The minimum Gasteiger partial charge on any atom is -0.363 e. The number of nitrogens with zero attached hydrogens (tertiary/aromatic N) is 1. The zero-order valence-electron chi connectivity index (χ0n) is 7.34. The van der Waals surface area contributed by atoms with Crippen LogP contribution in [0, 0.1) is 0 Å². The van der Waals surface area contributed by atoms with Crippen molar-refractivity contribution in [2.45, 2.75) is 19.1 Å². The zero-order chi connectivity index (χ0) is 9.26. The van der Waals surface area contributed by atoms with Crippen molar-refractivity contribution in [3.63, 3.8) is 0 Å². The van der Waals surface area contributed by atoms with E-state index < -0.39 is 6.29 Å². The summed E-state index contributed by atoms with van der Waals surface area (Å²) in [6.07, 6.45) is -0.831. The molecule has 0 spiro atoms. The lowest BCUT2D eigenvalue weighted by molar-refractivity contribution is -0.0853. The van der Waals surface area contributed by atoms with Gasteiger partial charge in [0.25, 0.3) is 0 Å². The average Bonchev–Trinajstić information content (AvgIpc) is 2.48. The molecule has 0 aromatic heterocycles. The highest BCUT2D eigenvalue weighted by atomic mass is 16.7. The Balaban J connectivity index is 2.31. The van der Waals surface area contributed by atoms with E-state index in [2.05, 4.69) is 5.16 Å². The van der Waals surface area contributed by atoms with Gasteiger partial charge < -0.3 is 9.94 Å². The van der Waals surface area contributed by atoms with Gasteiger partial charge >= 0.3 is 0 Å². The van der Waals surface area contributed by atoms with E-state index in [1.54, 1.807) is 0 Å². The van der Waals surface area contributed by atoms with E-state index in [1.165, 1.54) is 0 Å². The van der Waals surface area contributed by atoms with Gasteiger partial charge in [0, 0.05) is 0 Å². The van der Waals surface area contributed by atoms with Crippen molar-refractivity contribution >= 4 is 5.71 Å². The summed E-state index contributed by atoms with van der Waals surface area (Å²) < 4.78 is 0. The third kappa shape index (κ3) is 1.42. The number of hydrogen-bond donors (Lipinski definition) is 1. The van der Waals surface area contributed by atoms with E-state index in [1.807, 2.05) is 37.3 Å². The highest BCUT2D eigenvalue weighted by Crippen LogP contribution is 2.27. The number of benzene rings is 1. The summed E-state index contributed by atoms with van der Waals surface area (Å²) in [7, 11) is 0. The molecule has 0 radical (unpaired) electrons. The Morgan fingerprint density at radius 1 is 1.31 bits per heavy atom. The van der Waals surface area contributed by atoms with Gasteiger partial charge in [-0.2, -0.15) is 0 Å². The molecular weight excluding hydrogens is 166 g/mol. The molecule has 0 saturated heterocycles. The van der Waals surface area contributed by atoms with Gasteiger partial charge in [0.05, 0.1) is 11.6 Å². The highest BCUT2D eigenvalue weighted by Gasteiger charge is 2.30. The van der Waals surface area contributed by atoms with Gasteiger partial charge in [0.2, 0.25) is 6.29 Å². The van der Waals surface area contributed by atoms with Gasteiger partial charge in [-0.3, -0.25) is 0 Å². The molecule has 1 aromatic rings. The molecule has 0 fully saturated rings. The van der Waals surface area contributed by atoms with Crippen LogP contribution in [0.5, 0.6) is 0 Å². The maximum absolute atomic E-state index is 9.48. The van der Waals surface area contributed by atoms with E-state index in [4.69, 9.17) is 4.84 Å². The van der Waals surface area contributed by atoms with Crippen LogP contribution in [0.2, 0.25) is 0 Å². The number of rotatable bonds is 1. The first kappa shape index (κ1) is 8.26. The molecule has 0 bridgehead atoms. The summed E-state index contributed by atoms with van der Waals surface area (Å²) in [5.41, 5.74) is 1.85. The third-order valence-corrected chi connectivity index (χ3v) is 2.20. The molecule has 1 aromatic carbocycles. The lowest BCUT2D eigenvalue weighted by Gasteiger charge is -2.12. The van der Waals surface area contributed by atoms with Crippen molar-refractivity contribution in [2.75, 3.05) is 0 Å². The van der Waals surface area contributed by atoms with Crippen molar-refractivity contribution in [3.05, 3.63) is 35.9 Å². The van der Waals surface area contributed by atoms with Crippen LogP contribution in [0.4, 0.5) is 0 Å². The molecule has 0 saturated carbocycles. The van der Waals surface area contributed by atoms with Gasteiger partial charge in [-0.05, 0) is 12.5 Å². The number of hydrogen-bond acceptors (Lipinski definition) is 3. The van der Waals surface area contributed by atoms with Crippen molar-refractivity contribution in [1.82, 2.24) is 0 Å². The minimum absolute atomic E-state index is 0.110. The molecular formula is C10H11NO2. The zero-order valence-corrected chi connectivity index (χ0v) is 7.34. The topological polar surface area (TPSA) is 41.8 Å². The van der Waals surface area contributed by atoms with Crippen LogP contribution in [0.1, 0.15) is 18.4 Å². The second kappa shape index (κ2) is 3.18. The Morgan fingerprint density at radius 2 is 2.00 bits per heavy atom. The smallest absolute Gasteiger partial charge is 0.236 e. The lowest BCUT2D eigenvalue weighted by atomic mass is 9.95. The van der Waals surface area contributed by atoms with Crippen molar-refractivity contribution in [2.24, 2.45) is 5.16 Å². The third-order valence-electron chi connectivity index (χ3n) is 2.20. The molecule has 3 heteroatoms. The molecule has 68 valence electrons. The predicted octanol–water partition coefficient (Wildman–Crippen LogP) is 1.49. The molecule has 13 heavy (non-hydrogen) atoms. The van der Waals surface area contributed by atoms with E-state index >= 15 is 0 Å². The van der Waals surface area contributed by atoms with Crippen LogP contribution >= 0.6 is 0 Å². The normalized spacial score (nSPS) is 26.8. The van der Waals surface area contributed by atoms with Gasteiger partial charge in [-0.25, -0.2) is 0 Å². The second-order valence-corrected chi connectivity index (χ2v) is 3.12. The Hall–Kier alpha value is -1.35. The quantitative estimate of drug-likeness (QED) is 0.706. The average molecular weight is 177 g/mol. The summed E-state index contributed by atoms with van der Waals surface area (Å²) in [5, 5.41) is 13.2. The van der Waals surface area contributed by atoms with Gasteiger partial charge in [-0.15, -0.1) is 0 Å². The maximum Gasteiger partial charge on any atom is 0.236 e. The fourth-order valence-electron chi connectivity index (χ4n) is 1.53. The summed E-state index contributed by atoms with van der Waals surface area (Å²) in [6, 6.07) is 9.74. The second-order valence-electron chi connectivity index (χ2n) is 3.12. The molecule has 2 rings (SSSR count). The molecule has 1 heterocycles. The summed E-state index contributed by atoms with van der Waals surface area (Å²) in [6.45, 7) is 1.86. The van der Waals surface area contributed by atoms with Crippen molar-refractivity contribution in [1.29, 1.82) is 0 Å². The first-order chi connectivity index (χ1) is 6.29. The summed E-state index contributed by atoms with van der Waals surface area (Å²) in [5.74, 6) is -0.110. The first-order valence-corrected chi connectivity index (χ1v) is 4.22. The van der Waals surface area contributed by atoms with E-state index in [-0.39, 0.29) is 5.92 Å². The van der Waals surface area contributed by atoms with Crippen molar-refractivity contribution in [3.8, 4) is 0 Å². The minimum atomic E-state index is -0.831. The van der Waals surface area contributed by atoms with E-state index in [0.29, 0.717) is 0 Å². The van der Waals surface area contributed by atoms with E-state index in [0.717, 1.165) is 11.3 Å². The van der Waals surface area contributed by atoms with Crippen LogP contribution in [-0.4, -0.2) is 17.1 Å². The van der Waals surface area contributed by atoms with Crippen LogP contribution in [0.15, 0.2) is 35.5 Å². The number of oxime groups is 1. The van der Waals surface area contributed by atoms with Crippen LogP contribution in [0.25, 0.3) is 0 Å². The fraction of sp³-hybridized carbons (Fsp3) is 0.300. The molecule has 1 unspecified atom stereocenters. The Kier molecular flexibility index (Phi) is 2.02. The van der Waals surface area contributed by atoms with Crippen LogP contribution in [-0.2, 0) is 4.84 Å². The SMILES string of the molecule is CC1=NO[C@H](O)C1c1ccccc1. The largest absolute Gasteiger partial charge is 0.363 e. The molecule has 1 N–H and O–H groups in total. The summed E-state index contributed by atoms with van der Waals surface area (Å²) in [4.78, 5) is 4.78. The van der Waals surface area contributed by atoms with E-state index in [9.17, 15) is 5.11 Å². The Bertz CT molecular complexity index is 321. The standard InChI is InChI=1S/C10H11NO2/c1-7-9(10(12)13-11-7)8-5-3-2-4-6-8/h2-6,9-10,12H,1H3/t9?,10-/m0/s1. The molecule has 3 nitrogen and oxygen atoms in total. The number of aliphatic hydroxyl groups excluding tert-OH is 1. The van der Waals surface area contributed by atoms with Gasteiger partial charge in [-0.1, -0.05) is 35.5 Å². The predicted molar refractivity (Wildman–Crippen MR) is 49.4 cm³/mol. The van der Waals surface area contributed by atoms with Crippen LogP contribution < -0.4 is 0 Å². The molecule has 0 aliphatic carbocycles. The first-order valence-electron chi connectivity index (χ1n) is 4.22. The fourth-order valence-corrected chi connectivity index (χ4v) is 1.53. The van der Waals surface area contributed by atoms with Crippen molar-refractivity contribution < 1.29 is 9.94 Å². The van der Waals surface area contributed by atoms with Gasteiger partial charge in [0.15, 0.2) is 0 Å². The van der Waals surface area contributed by atoms with Crippen LogP contribution in [0.3, 0.4) is 0 Å². The monoisotopic (exact) mass is 177 g/mol. The maximum atomic E-state index is 9.48. The highest BCUT2D eigenvalue weighted by molar-refractivity contribution is 5.89. The summed E-state index contributed by atoms with van der Waals surface area (Å²) >= 11 is 0. The Labute approximate surface area is 76.6 Å². The molecule has 0 amide bonds. The molecule has 1 aliphatic heterocycles. The Morgan fingerprint density at radius 3 is 2.54 bits per heavy atom. The van der Waals surface area contributed by atoms with Gasteiger partial charge in [0.1, 0.15) is 0 Å².